The highest BCUT2D eigenvalue weighted by atomic mass is 35.5. The van der Waals surface area contributed by atoms with Gasteiger partial charge in [-0.05, 0) is 57.3 Å². The number of carbonyl (C=O) groups is 2. The van der Waals surface area contributed by atoms with Crippen LogP contribution in [0.25, 0.3) is 0 Å². The predicted molar refractivity (Wildman–Crippen MR) is 134 cm³/mol. The number of fused-ring (bicyclic) bond motifs is 3. The van der Waals surface area contributed by atoms with Crippen molar-refractivity contribution < 1.29 is 23.8 Å². The van der Waals surface area contributed by atoms with Crippen LogP contribution in [-0.4, -0.2) is 93.4 Å². The van der Waals surface area contributed by atoms with Crippen molar-refractivity contribution in [1.29, 1.82) is 0 Å². The van der Waals surface area contributed by atoms with Crippen molar-refractivity contribution >= 4 is 29.2 Å². The van der Waals surface area contributed by atoms with E-state index in [1.165, 1.54) is 13.2 Å². The Kier molecular flexibility index (Phi) is 9.10. The summed E-state index contributed by atoms with van der Waals surface area (Å²) in [6.45, 7) is 6.65. The Morgan fingerprint density at radius 2 is 2.00 bits per heavy atom. The number of methoxy groups -OCH3 is 1. The third kappa shape index (κ3) is 7.00. The average molecular weight is 509 g/mol. The van der Waals surface area contributed by atoms with Gasteiger partial charge in [0.25, 0.3) is 5.91 Å². The monoisotopic (exact) mass is 508 g/mol. The van der Waals surface area contributed by atoms with Gasteiger partial charge < -0.3 is 25.3 Å². The summed E-state index contributed by atoms with van der Waals surface area (Å²) < 4.78 is 16.9. The molecule has 9 nitrogen and oxygen atoms in total. The minimum absolute atomic E-state index is 0.0653. The summed E-state index contributed by atoms with van der Waals surface area (Å²) in [6.07, 6.45) is 4.50. The number of amides is 1. The number of piperidine rings is 3. The molecule has 0 radical (unpaired) electrons. The Labute approximate surface area is 212 Å². The highest BCUT2D eigenvalue weighted by molar-refractivity contribution is 6.33. The lowest BCUT2D eigenvalue weighted by Crippen LogP contribution is -2.51. The number of anilines is 1. The van der Waals surface area contributed by atoms with E-state index < -0.39 is 0 Å². The van der Waals surface area contributed by atoms with E-state index in [2.05, 4.69) is 15.1 Å². The van der Waals surface area contributed by atoms with Crippen LogP contribution < -0.4 is 15.8 Å². The van der Waals surface area contributed by atoms with Crippen LogP contribution >= 0.6 is 11.6 Å². The molecule has 1 amide bonds. The number of rotatable bonds is 10. The van der Waals surface area contributed by atoms with Crippen molar-refractivity contribution in [2.24, 2.45) is 5.92 Å². The molecule has 4 saturated heterocycles. The summed E-state index contributed by atoms with van der Waals surface area (Å²) in [7, 11) is 1.49. The van der Waals surface area contributed by atoms with E-state index in [1.807, 2.05) is 0 Å². The van der Waals surface area contributed by atoms with E-state index in [0.29, 0.717) is 47.5 Å². The van der Waals surface area contributed by atoms with Crippen LogP contribution in [0, 0.1) is 5.92 Å². The number of esters is 1. The van der Waals surface area contributed by atoms with Gasteiger partial charge in [-0.15, -0.1) is 0 Å². The number of halogens is 1. The Morgan fingerprint density at radius 1 is 1.20 bits per heavy atom. The first kappa shape index (κ1) is 26.0. The van der Waals surface area contributed by atoms with Gasteiger partial charge in [-0.25, -0.2) is 0 Å². The topological polar surface area (TPSA) is 106 Å². The summed E-state index contributed by atoms with van der Waals surface area (Å²) in [5.41, 5.74) is 6.49. The molecule has 2 unspecified atom stereocenters. The van der Waals surface area contributed by atoms with Gasteiger partial charge in [0.05, 0.1) is 36.1 Å². The highest BCUT2D eigenvalue weighted by Gasteiger charge is 2.36. The first-order valence-electron chi connectivity index (χ1n) is 12.6. The highest BCUT2D eigenvalue weighted by Crippen LogP contribution is 2.30. The molecular weight excluding hydrogens is 472 g/mol. The smallest absolute Gasteiger partial charge is 0.306 e. The van der Waals surface area contributed by atoms with Gasteiger partial charge in [-0.1, -0.05) is 11.6 Å². The molecule has 1 aromatic rings. The van der Waals surface area contributed by atoms with Crippen LogP contribution in [0.1, 0.15) is 42.5 Å². The Balaban J connectivity index is 1.14. The quantitative estimate of drug-likeness (QED) is 0.281. The zero-order chi connectivity index (χ0) is 24.8. The van der Waals surface area contributed by atoms with Crippen molar-refractivity contribution in [3.63, 3.8) is 0 Å². The van der Waals surface area contributed by atoms with Crippen molar-refractivity contribution in [2.75, 3.05) is 65.3 Å². The second-order valence-corrected chi connectivity index (χ2v) is 10.1. The molecule has 10 heteroatoms. The summed E-state index contributed by atoms with van der Waals surface area (Å²) in [5, 5.41) is 3.22. The van der Waals surface area contributed by atoms with Crippen LogP contribution in [0.2, 0.25) is 5.02 Å². The van der Waals surface area contributed by atoms with Crippen LogP contribution in [0.15, 0.2) is 12.1 Å². The number of ether oxygens (including phenoxy) is 3. The van der Waals surface area contributed by atoms with Gasteiger partial charge in [0.15, 0.2) is 0 Å². The largest absolute Gasteiger partial charge is 0.496 e. The Morgan fingerprint density at radius 3 is 2.71 bits per heavy atom. The number of benzene rings is 1. The third-order valence-electron chi connectivity index (χ3n) is 7.26. The fraction of sp³-hybridized carbons (Fsp3) is 0.680. The molecule has 194 valence electrons. The lowest BCUT2D eigenvalue weighted by atomic mass is 9.86. The number of morpholine rings is 1. The molecule has 0 saturated carbocycles. The summed E-state index contributed by atoms with van der Waals surface area (Å²) >= 11 is 6.08. The normalized spacial score (nSPS) is 26.3. The number of nitrogen functional groups attached to an aromatic ring is 1. The van der Waals surface area contributed by atoms with Crippen LogP contribution in [0.5, 0.6) is 5.75 Å². The Bertz CT molecular complexity index is 893. The van der Waals surface area contributed by atoms with E-state index in [-0.39, 0.29) is 24.1 Å². The number of nitrogens with one attached hydrogen (secondary N) is 1. The van der Waals surface area contributed by atoms with Gasteiger partial charge in [-0.2, -0.15) is 0 Å². The molecule has 35 heavy (non-hydrogen) atoms. The third-order valence-corrected chi connectivity index (χ3v) is 7.59. The summed E-state index contributed by atoms with van der Waals surface area (Å²) in [5.74, 6) is 0.575. The molecule has 0 aliphatic carbocycles. The average Bonchev–Trinajstić information content (AvgIpc) is 2.87. The van der Waals surface area contributed by atoms with Crippen molar-refractivity contribution in [2.45, 2.75) is 44.3 Å². The van der Waals surface area contributed by atoms with Gasteiger partial charge in [0.1, 0.15) is 11.9 Å². The van der Waals surface area contributed by atoms with Crippen LogP contribution in [-0.2, 0) is 14.3 Å². The standard InChI is InChI=1S/C25H37ClN4O5/c1-33-22-13-21(27)20(26)12-19(22)25(32)28-14-18-15-29(10-11-34-18)7-3-2-4-24(31)35-23-16-30-8-5-17(23)6-9-30/h12-13,17-18,23H,2-11,14-16,27H2,1H3,(H,28,32). The maximum Gasteiger partial charge on any atom is 0.306 e. The van der Waals surface area contributed by atoms with Gasteiger partial charge >= 0.3 is 5.97 Å². The molecule has 0 aromatic heterocycles. The number of carbonyl (C=O) groups excluding carboxylic acids is 2. The summed E-state index contributed by atoms with van der Waals surface area (Å²) in [6, 6.07) is 3.06. The van der Waals surface area contributed by atoms with E-state index in [1.54, 1.807) is 6.07 Å². The number of nitrogens with zero attached hydrogens (tertiary/aromatic N) is 2. The predicted octanol–water partition coefficient (Wildman–Crippen LogP) is 2.17. The van der Waals surface area contributed by atoms with Crippen molar-refractivity contribution in [1.82, 2.24) is 15.1 Å². The number of hydrogen-bond donors (Lipinski definition) is 2. The molecule has 2 atom stereocenters. The van der Waals surface area contributed by atoms with E-state index >= 15 is 0 Å². The zero-order valence-corrected chi connectivity index (χ0v) is 21.2. The number of hydrogen-bond acceptors (Lipinski definition) is 8. The second-order valence-electron chi connectivity index (χ2n) is 9.70. The van der Waals surface area contributed by atoms with E-state index in [9.17, 15) is 9.59 Å². The van der Waals surface area contributed by atoms with Crippen LogP contribution in [0.3, 0.4) is 0 Å². The van der Waals surface area contributed by atoms with Crippen LogP contribution in [0.4, 0.5) is 5.69 Å². The number of nitrogens with two attached hydrogens (primary N) is 1. The maximum atomic E-state index is 12.7. The second kappa shape index (κ2) is 12.3. The first-order chi connectivity index (χ1) is 16.9. The fourth-order valence-corrected chi connectivity index (χ4v) is 5.36. The van der Waals surface area contributed by atoms with Crippen molar-refractivity contribution in [3.8, 4) is 5.75 Å². The minimum atomic E-state index is -0.286. The van der Waals surface area contributed by atoms with E-state index in [4.69, 9.17) is 31.5 Å². The molecule has 5 rings (SSSR count). The molecule has 4 aliphatic heterocycles. The molecule has 4 fully saturated rings. The van der Waals surface area contributed by atoms with Gasteiger partial charge in [-0.3, -0.25) is 19.4 Å². The summed E-state index contributed by atoms with van der Waals surface area (Å²) in [4.78, 5) is 29.7. The van der Waals surface area contributed by atoms with Gasteiger partial charge in [0, 0.05) is 38.7 Å². The SMILES string of the molecule is COc1cc(N)c(Cl)cc1C(=O)NCC1CN(CCCCC(=O)OC2CN3CCC2CC3)CCO1. The molecular formula is C25H37ClN4O5. The molecule has 4 heterocycles. The fourth-order valence-electron chi connectivity index (χ4n) is 5.20. The lowest BCUT2D eigenvalue weighted by Gasteiger charge is -2.43. The zero-order valence-electron chi connectivity index (χ0n) is 20.5. The first-order valence-corrected chi connectivity index (χ1v) is 13.0. The lowest BCUT2D eigenvalue weighted by molar-refractivity contribution is -0.158. The van der Waals surface area contributed by atoms with E-state index in [0.717, 1.165) is 65.0 Å². The molecule has 3 N–H and O–H groups in total. The minimum Gasteiger partial charge on any atom is -0.496 e. The van der Waals surface area contributed by atoms with Gasteiger partial charge in [0.2, 0.25) is 0 Å². The number of unbranched alkanes of at least 4 members (excludes halogenated alkanes) is 1. The Hall–Kier alpha value is -2.07. The molecule has 4 aliphatic rings. The molecule has 1 aromatic carbocycles. The maximum absolute atomic E-state index is 12.7. The molecule has 2 bridgehead atoms. The van der Waals surface area contributed by atoms with Crippen molar-refractivity contribution in [3.05, 3.63) is 22.7 Å². The molecule has 0 spiro atoms.